The van der Waals surface area contributed by atoms with Crippen LogP contribution < -0.4 is 5.32 Å². The largest absolute Gasteiger partial charge is 0.311 e. The first-order valence-electron chi connectivity index (χ1n) is 8.84. The molecule has 0 radical (unpaired) electrons. The molecular weight excluding hydrogens is 244 g/mol. The first-order valence-corrected chi connectivity index (χ1v) is 8.84. The number of hydrogen-bond donors (Lipinski definition) is 1. The van der Waals surface area contributed by atoms with Crippen molar-refractivity contribution >= 4 is 0 Å². The summed E-state index contributed by atoms with van der Waals surface area (Å²) in [7, 11) is 2.33. The minimum absolute atomic E-state index is 0.253. The van der Waals surface area contributed by atoms with Crippen molar-refractivity contribution in [2.75, 3.05) is 26.7 Å². The van der Waals surface area contributed by atoms with E-state index in [2.05, 4.69) is 38.0 Å². The van der Waals surface area contributed by atoms with Gasteiger partial charge in [-0.2, -0.15) is 0 Å². The molecule has 0 aromatic rings. The highest BCUT2D eigenvalue weighted by molar-refractivity contribution is 4.98. The van der Waals surface area contributed by atoms with Crippen molar-refractivity contribution in [3.8, 4) is 0 Å². The molecular formula is C18H34N2. The lowest BCUT2D eigenvalue weighted by molar-refractivity contribution is -0.0465. The minimum Gasteiger partial charge on any atom is -0.311 e. The molecule has 4 aliphatic rings. The summed E-state index contributed by atoms with van der Waals surface area (Å²) in [6.07, 6.45) is 7.82. The van der Waals surface area contributed by atoms with Crippen molar-refractivity contribution in [2.24, 2.45) is 29.6 Å². The summed E-state index contributed by atoms with van der Waals surface area (Å²) >= 11 is 0. The molecule has 20 heavy (non-hydrogen) atoms. The lowest BCUT2D eigenvalue weighted by Gasteiger charge is -2.55. The fourth-order valence-corrected chi connectivity index (χ4v) is 5.41. The van der Waals surface area contributed by atoms with E-state index < -0.39 is 0 Å². The molecule has 0 saturated heterocycles. The van der Waals surface area contributed by atoms with E-state index in [0.29, 0.717) is 0 Å². The Morgan fingerprint density at radius 3 is 2.00 bits per heavy atom. The Hall–Kier alpha value is -0.0800. The van der Waals surface area contributed by atoms with E-state index in [1.54, 1.807) is 32.1 Å². The van der Waals surface area contributed by atoms with Gasteiger partial charge in [-0.25, -0.2) is 0 Å². The third-order valence-electron chi connectivity index (χ3n) is 6.09. The van der Waals surface area contributed by atoms with Crippen LogP contribution in [-0.4, -0.2) is 37.1 Å². The van der Waals surface area contributed by atoms with E-state index in [1.165, 1.54) is 13.1 Å². The van der Waals surface area contributed by atoms with E-state index in [9.17, 15) is 0 Å². The average Bonchev–Trinajstić information content (AvgIpc) is 2.31. The van der Waals surface area contributed by atoms with Gasteiger partial charge in [-0.15, -0.1) is 0 Å². The maximum atomic E-state index is 3.61. The predicted molar refractivity (Wildman–Crippen MR) is 85.8 cm³/mol. The van der Waals surface area contributed by atoms with Gasteiger partial charge in [0.2, 0.25) is 0 Å². The van der Waals surface area contributed by atoms with Gasteiger partial charge in [-0.1, -0.05) is 0 Å². The molecule has 0 amide bonds. The molecule has 0 aromatic carbocycles. The van der Waals surface area contributed by atoms with Crippen molar-refractivity contribution < 1.29 is 0 Å². The zero-order valence-corrected chi connectivity index (χ0v) is 14.0. The average molecular weight is 278 g/mol. The van der Waals surface area contributed by atoms with Gasteiger partial charge in [-0.3, -0.25) is 0 Å². The molecule has 0 unspecified atom stereocenters. The molecule has 2 heteroatoms. The normalized spacial score (nSPS) is 39.8. The zero-order valence-electron chi connectivity index (χ0n) is 14.0. The van der Waals surface area contributed by atoms with Gasteiger partial charge in [0.05, 0.1) is 0 Å². The van der Waals surface area contributed by atoms with Crippen LogP contribution in [0.4, 0.5) is 0 Å². The van der Waals surface area contributed by atoms with Crippen LogP contribution in [0.5, 0.6) is 0 Å². The molecule has 4 aliphatic carbocycles. The van der Waals surface area contributed by atoms with Gasteiger partial charge >= 0.3 is 0 Å². The summed E-state index contributed by atoms with van der Waals surface area (Å²) in [6.45, 7) is 10.4. The van der Waals surface area contributed by atoms with Gasteiger partial charge in [-0.05, 0) is 89.5 Å². The third kappa shape index (κ3) is 3.39. The van der Waals surface area contributed by atoms with Gasteiger partial charge in [0.1, 0.15) is 0 Å². The topological polar surface area (TPSA) is 15.3 Å². The SMILES string of the molecule is CN(CCNC(C)(C)C)CC1C2CC3CC(C2)CC1C3. The summed E-state index contributed by atoms with van der Waals surface area (Å²) in [5.41, 5.74) is 0.253. The first-order chi connectivity index (χ1) is 9.40. The molecule has 0 spiro atoms. The van der Waals surface area contributed by atoms with Crippen LogP contribution in [0.15, 0.2) is 0 Å². The summed E-state index contributed by atoms with van der Waals surface area (Å²) in [5, 5.41) is 3.61. The highest BCUT2D eigenvalue weighted by Crippen LogP contribution is 2.56. The third-order valence-corrected chi connectivity index (χ3v) is 6.09. The monoisotopic (exact) mass is 278 g/mol. The molecule has 2 nitrogen and oxygen atoms in total. The van der Waals surface area contributed by atoms with E-state index in [-0.39, 0.29) is 5.54 Å². The van der Waals surface area contributed by atoms with E-state index in [0.717, 1.165) is 36.1 Å². The number of nitrogens with zero attached hydrogens (tertiary/aromatic N) is 1. The van der Waals surface area contributed by atoms with Crippen LogP contribution in [0.25, 0.3) is 0 Å². The summed E-state index contributed by atoms with van der Waals surface area (Å²) in [6, 6.07) is 0. The number of rotatable bonds is 5. The molecule has 0 aromatic heterocycles. The highest BCUT2D eigenvalue weighted by Gasteiger charge is 2.48. The Balaban J connectivity index is 1.46. The van der Waals surface area contributed by atoms with E-state index in [1.807, 2.05) is 0 Å². The molecule has 4 rings (SSSR count). The summed E-state index contributed by atoms with van der Waals surface area (Å²) in [5.74, 6) is 5.39. The van der Waals surface area contributed by atoms with Gasteiger partial charge in [0.15, 0.2) is 0 Å². The predicted octanol–water partition coefficient (Wildman–Crippen LogP) is 3.38. The smallest absolute Gasteiger partial charge is 0.0104 e. The Bertz CT molecular complexity index is 303. The Labute approximate surface area is 125 Å². The fourth-order valence-electron chi connectivity index (χ4n) is 5.41. The van der Waals surface area contributed by atoms with Crippen LogP contribution in [0.1, 0.15) is 52.9 Å². The molecule has 4 bridgehead atoms. The van der Waals surface area contributed by atoms with E-state index in [4.69, 9.17) is 0 Å². The van der Waals surface area contributed by atoms with Crippen LogP contribution in [0, 0.1) is 29.6 Å². The summed E-state index contributed by atoms with van der Waals surface area (Å²) < 4.78 is 0. The second kappa shape index (κ2) is 5.61. The first kappa shape index (κ1) is 14.8. The molecule has 0 atom stereocenters. The molecule has 1 N–H and O–H groups in total. The van der Waals surface area contributed by atoms with Crippen molar-refractivity contribution in [1.29, 1.82) is 0 Å². The lowest BCUT2D eigenvalue weighted by Crippen LogP contribution is -2.49. The fraction of sp³-hybridized carbons (Fsp3) is 1.00. The van der Waals surface area contributed by atoms with Crippen molar-refractivity contribution in [3.05, 3.63) is 0 Å². The number of nitrogens with one attached hydrogen (secondary N) is 1. The maximum Gasteiger partial charge on any atom is 0.0104 e. The van der Waals surface area contributed by atoms with Gasteiger partial charge < -0.3 is 10.2 Å². The van der Waals surface area contributed by atoms with Crippen molar-refractivity contribution in [3.63, 3.8) is 0 Å². The van der Waals surface area contributed by atoms with Crippen LogP contribution >= 0.6 is 0 Å². The minimum atomic E-state index is 0.253. The number of hydrogen-bond acceptors (Lipinski definition) is 2. The number of likely N-dealkylation sites (N-methyl/N-ethyl adjacent to an activating group) is 1. The van der Waals surface area contributed by atoms with Crippen LogP contribution in [-0.2, 0) is 0 Å². The highest BCUT2D eigenvalue weighted by atomic mass is 15.1. The van der Waals surface area contributed by atoms with Crippen LogP contribution in [0.3, 0.4) is 0 Å². The maximum absolute atomic E-state index is 3.61. The Morgan fingerprint density at radius 1 is 0.950 bits per heavy atom. The molecule has 4 saturated carbocycles. The van der Waals surface area contributed by atoms with Gasteiger partial charge in [0, 0.05) is 25.2 Å². The molecule has 0 aliphatic heterocycles. The van der Waals surface area contributed by atoms with E-state index >= 15 is 0 Å². The molecule has 4 fully saturated rings. The molecule has 116 valence electrons. The lowest BCUT2D eigenvalue weighted by atomic mass is 9.52. The van der Waals surface area contributed by atoms with Crippen molar-refractivity contribution in [1.82, 2.24) is 10.2 Å². The quantitative estimate of drug-likeness (QED) is 0.829. The second-order valence-electron chi connectivity index (χ2n) is 9.03. The Kier molecular flexibility index (Phi) is 4.16. The summed E-state index contributed by atoms with van der Waals surface area (Å²) in [4.78, 5) is 2.59. The second-order valence-corrected chi connectivity index (χ2v) is 9.03. The van der Waals surface area contributed by atoms with Crippen molar-refractivity contribution in [2.45, 2.75) is 58.4 Å². The zero-order chi connectivity index (χ0) is 14.3. The van der Waals surface area contributed by atoms with Gasteiger partial charge in [0.25, 0.3) is 0 Å². The standard InChI is InChI=1S/C18H34N2/c1-18(2,3)19-5-6-20(4)12-17-15-8-13-7-14(10-15)11-16(17)9-13/h13-17,19H,5-12H2,1-4H3. The molecule has 0 heterocycles. The van der Waals surface area contributed by atoms with Crippen LogP contribution in [0.2, 0.25) is 0 Å². The Morgan fingerprint density at radius 2 is 1.50 bits per heavy atom.